The number of nitrogens with zero attached hydrogens (tertiary/aromatic N) is 3. The second-order valence-corrected chi connectivity index (χ2v) is 5.63. The number of aromatic nitrogens is 2. The van der Waals surface area contributed by atoms with E-state index in [1.807, 2.05) is 20.0 Å². The Labute approximate surface area is 103 Å². The summed E-state index contributed by atoms with van der Waals surface area (Å²) >= 11 is 5.86. The molecule has 0 N–H and O–H groups in total. The lowest BCUT2D eigenvalue weighted by Gasteiger charge is -2.36. The lowest BCUT2D eigenvalue weighted by atomic mass is 9.87. The maximum Gasteiger partial charge on any atom is 0.224 e. The van der Waals surface area contributed by atoms with Crippen LogP contribution >= 0.6 is 11.6 Å². The Morgan fingerprint density at radius 2 is 1.88 bits per heavy atom. The third-order valence-electron chi connectivity index (χ3n) is 3.01. The molecule has 4 heteroatoms. The second-order valence-electron chi connectivity index (χ2n) is 5.29. The van der Waals surface area contributed by atoms with E-state index in [1.165, 1.54) is 0 Å². The van der Waals surface area contributed by atoms with Crippen LogP contribution in [-0.2, 0) is 0 Å². The van der Waals surface area contributed by atoms with Crippen LogP contribution in [0, 0.1) is 12.3 Å². The largest absolute Gasteiger partial charge is 0.356 e. The highest BCUT2D eigenvalue weighted by atomic mass is 35.5. The molecule has 0 bridgehead atoms. The van der Waals surface area contributed by atoms with Crippen molar-refractivity contribution in [2.24, 2.45) is 5.41 Å². The number of hydrogen-bond donors (Lipinski definition) is 0. The van der Waals surface area contributed by atoms with Crippen molar-refractivity contribution in [2.45, 2.75) is 40.7 Å². The minimum Gasteiger partial charge on any atom is -0.356 e. The zero-order chi connectivity index (χ0) is 12.5. The summed E-state index contributed by atoms with van der Waals surface area (Å²) in [6.45, 7) is 10.7. The van der Waals surface area contributed by atoms with Crippen molar-refractivity contribution >= 4 is 17.4 Å². The van der Waals surface area contributed by atoms with E-state index in [-0.39, 0.29) is 5.41 Å². The van der Waals surface area contributed by atoms with Crippen molar-refractivity contribution < 1.29 is 0 Å². The Morgan fingerprint density at radius 1 is 1.31 bits per heavy atom. The minimum atomic E-state index is 0.195. The van der Waals surface area contributed by atoms with Gasteiger partial charge in [0.15, 0.2) is 0 Å². The molecule has 1 atom stereocenters. The molecule has 1 heterocycles. The Hall–Kier alpha value is -0.830. The number of anilines is 1. The fraction of sp³-hybridized carbons (Fsp3) is 0.667. The molecule has 1 aromatic heterocycles. The molecule has 16 heavy (non-hydrogen) atoms. The molecule has 0 aliphatic carbocycles. The van der Waals surface area contributed by atoms with E-state index in [1.54, 1.807) is 0 Å². The third-order valence-corrected chi connectivity index (χ3v) is 3.18. The number of aryl methyl sites for hydroxylation is 1. The number of rotatable bonds is 2. The molecule has 1 unspecified atom stereocenters. The van der Waals surface area contributed by atoms with Gasteiger partial charge in [0.1, 0.15) is 5.82 Å². The van der Waals surface area contributed by atoms with Crippen molar-refractivity contribution in [3.63, 3.8) is 0 Å². The van der Waals surface area contributed by atoms with E-state index in [0.717, 1.165) is 11.5 Å². The molecule has 0 radical (unpaired) electrons. The lowest BCUT2D eigenvalue weighted by Crippen LogP contribution is -2.39. The molecule has 0 fully saturated rings. The SMILES string of the molecule is Cc1cc(N(C)C(C)C(C)(C)C)nc(Cl)n1. The smallest absolute Gasteiger partial charge is 0.224 e. The quantitative estimate of drug-likeness (QED) is 0.744. The zero-order valence-electron chi connectivity index (χ0n) is 10.9. The first kappa shape index (κ1) is 13.2. The molecule has 0 aliphatic heterocycles. The summed E-state index contributed by atoms with van der Waals surface area (Å²) in [6, 6.07) is 2.33. The second kappa shape index (κ2) is 4.58. The highest BCUT2D eigenvalue weighted by molar-refractivity contribution is 6.28. The molecule has 0 aromatic carbocycles. The predicted molar refractivity (Wildman–Crippen MR) is 69.1 cm³/mol. The van der Waals surface area contributed by atoms with Gasteiger partial charge >= 0.3 is 0 Å². The average molecular weight is 242 g/mol. The lowest BCUT2D eigenvalue weighted by molar-refractivity contribution is 0.328. The first-order chi connectivity index (χ1) is 7.21. The van der Waals surface area contributed by atoms with Gasteiger partial charge in [0, 0.05) is 24.8 Å². The standard InChI is InChI=1S/C12H20ClN3/c1-8-7-10(15-11(13)14-8)16(6)9(2)12(3,4)5/h7,9H,1-6H3. The van der Waals surface area contributed by atoms with Gasteiger partial charge < -0.3 is 4.90 Å². The summed E-state index contributed by atoms with van der Waals surface area (Å²) in [4.78, 5) is 10.5. The van der Waals surface area contributed by atoms with Crippen molar-refractivity contribution in [1.29, 1.82) is 0 Å². The zero-order valence-corrected chi connectivity index (χ0v) is 11.6. The van der Waals surface area contributed by atoms with Gasteiger partial charge in [-0.25, -0.2) is 9.97 Å². The molecule has 0 amide bonds. The van der Waals surface area contributed by atoms with E-state index in [4.69, 9.17) is 11.6 Å². The van der Waals surface area contributed by atoms with Gasteiger partial charge in [0.05, 0.1) is 0 Å². The van der Waals surface area contributed by atoms with Crippen LogP contribution in [0.2, 0.25) is 5.28 Å². The topological polar surface area (TPSA) is 29.0 Å². The predicted octanol–water partition coefficient (Wildman–Crippen LogP) is 3.31. The fourth-order valence-electron chi connectivity index (χ4n) is 1.48. The van der Waals surface area contributed by atoms with Gasteiger partial charge in [-0.2, -0.15) is 0 Å². The molecule has 3 nitrogen and oxygen atoms in total. The van der Waals surface area contributed by atoms with Crippen molar-refractivity contribution in [2.75, 3.05) is 11.9 Å². The van der Waals surface area contributed by atoms with Crippen molar-refractivity contribution in [1.82, 2.24) is 9.97 Å². The first-order valence-electron chi connectivity index (χ1n) is 5.46. The van der Waals surface area contributed by atoms with Crippen LogP contribution in [0.4, 0.5) is 5.82 Å². The molecule has 1 rings (SSSR count). The third kappa shape index (κ3) is 3.08. The Bertz CT molecular complexity index is 351. The van der Waals surface area contributed by atoms with Gasteiger partial charge in [-0.3, -0.25) is 0 Å². The summed E-state index contributed by atoms with van der Waals surface area (Å²) in [7, 11) is 2.04. The van der Waals surface area contributed by atoms with Crippen LogP contribution < -0.4 is 4.90 Å². The summed E-state index contributed by atoms with van der Waals surface area (Å²) in [5.74, 6) is 0.875. The van der Waals surface area contributed by atoms with Gasteiger partial charge in [-0.15, -0.1) is 0 Å². The molecule has 1 aromatic rings. The maximum absolute atomic E-state index is 5.86. The maximum atomic E-state index is 5.86. The van der Waals surface area contributed by atoms with Gasteiger partial charge in [0.25, 0.3) is 0 Å². The van der Waals surface area contributed by atoms with Crippen LogP contribution in [0.5, 0.6) is 0 Å². The summed E-state index contributed by atoms with van der Waals surface area (Å²) < 4.78 is 0. The summed E-state index contributed by atoms with van der Waals surface area (Å²) in [5, 5.41) is 0.308. The van der Waals surface area contributed by atoms with Gasteiger partial charge in [-0.05, 0) is 30.9 Å². The normalized spacial score (nSPS) is 13.7. The minimum absolute atomic E-state index is 0.195. The monoisotopic (exact) mass is 241 g/mol. The highest BCUT2D eigenvalue weighted by Crippen LogP contribution is 2.26. The van der Waals surface area contributed by atoms with Gasteiger partial charge in [-0.1, -0.05) is 20.8 Å². The first-order valence-corrected chi connectivity index (χ1v) is 5.83. The molecule has 0 spiro atoms. The Balaban J connectivity index is 3.00. The van der Waals surface area contributed by atoms with E-state index < -0.39 is 0 Å². The van der Waals surface area contributed by atoms with E-state index >= 15 is 0 Å². The molecular formula is C12H20ClN3. The summed E-state index contributed by atoms with van der Waals surface area (Å²) in [5.41, 5.74) is 1.09. The molecular weight excluding hydrogens is 222 g/mol. The van der Waals surface area contributed by atoms with Crippen molar-refractivity contribution in [3.05, 3.63) is 17.0 Å². The van der Waals surface area contributed by atoms with Crippen LogP contribution in [-0.4, -0.2) is 23.1 Å². The van der Waals surface area contributed by atoms with E-state index in [9.17, 15) is 0 Å². The number of hydrogen-bond acceptors (Lipinski definition) is 3. The molecule has 0 aliphatic rings. The van der Waals surface area contributed by atoms with Gasteiger partial charge in [0.2, 0.25) is 5.28 Å². The van der Waals surface area contributed by atoms with Crippen LogP contribution in [0.1, 0.15) is 33.4 Å². The Kier molecular flexibility index (Phi) is 3.79. The average Bonchev–Trinajstić information content (AvgIpc) is 2.12. The highest BCUT2D eigenvalue weighted by Gasteiger charge is 2.25. The molecule has 0 saturated heterocycles. The number of halogens is 1. The van der Waals surface area contributed by atoms with E-state index in [2.05, 4.69) is 42.6 Å². The van der Waals surface area contributed by atoms with E-state index in [0.29, 0.717) is 11.3 Å². The Morgan fingerprint density at radius 3 is 2.31 bits per heavy atom. The van der Waals surface area contributed by atoms with Crippen LogP contribution in [0.15, 0.2) is 6.07 Å². The molecule has 90 valence electrons. The fourth-order valence-corrected chi connectivity index (χ4v) is 1.70. The van der Waals surface area contributed by atoms with Crippen LogP contribution in [0.25, 0.3) is 0 Å². The van der Waals surface area contributed by atoms with Crippen LogP contribution in [0.3, 0.4) is 0 Å². The van der Waals surface area contributed by atoms with Crippen molar-refractivity contribution in [3.8, 4) is 0 Å². The molecule has 0 saturated carbocycles. The summed E-state index contributed by atoms with van der Waals surface area (Å²) in [6.07, 6.45) is 0.